The van der Waals surface area contributed by atoms with Crippen molar-refractivity contribution in [2.75, 3.05) is 26.7 Å². The lowest BCUT2D eigenvalue weighted by molar-refractivity contribution is -0.136. The molecule has 2 N–H and O–H groups in total. The zero-order valence-corrected chi connectivity index (χ0v) is 10.8. The zero-order valence-electron chi connectivity index (χ0n) is 10.8. The maximum Gasteiger partial charge on any atom is 0.333 e. The maximum absolute atomic E-state index is 11.2. The Morgan fingerprint density at radius 3 is 2.53 bits per heavy atom. The van der Waals surface area contributed by atoms with Gasteiger partial charge in [0.25, 0.3) is 0 Å². The summed E-state index contributed by atoms with van der Waals surface area (Å²) in [5, 5.41) is 5.70. The van der Waals surface area contributed by atoms with E-state index in [0.717, 1.165) is 6.42 Å². The van der Waals surface area contributed by atoms with Crippen LogP contribution in [0.25, 0.3) is 0 Å². The van der Waals surface area contributed by atoms with Crippen LogP contribution in [0.4, 0.5) is 0 Å². The van der Waals surface area contributed by atoms with Gasteiger partial charge in [0.15, 0.2) is 0 Å². The van der Waals surface area contributed by atoms with E-state index in [0.29, 0.717) is 25.1 Å². The van der Waals surface area contributed by atoms with Gasteiger partial charge in [-0.2, -0.15) is 0 Å². The van der Waals surface area contributed by atoms with Crippen molar-refractivity contribution >= 4 is 11.9 Å². The molecule has 0 bridgehead atoms. The second-order valence-corrected chi connectivity index (χ2v) is 3.56. The molecule has 0 aromatic rings. The molecule has 0 radical (unpaired) electrons. The highest BCUT2D eigenvalue weighted by atomic mass is 16.5. The number of esters is 1. The highest BCUT2D eigenvalue weighted by molar-refractivity contribution is 5.88. The van der Waals surface area contributed by atoms with Crippen LogP contribution < -0.4 is 10.6 Å². The zero-order chi connectivity index (χ0) is 13.1. The normalized spacial score (nSPS) is 11.1. The molecule has 0 fully saturated rings. The summed E-state index contributed by atoms with van der Waals surface area (Å²) in [6, 6.07) is 0. The summed E-state index contributed by atoms with van der Waals surface area (Å²) in [7, 11) is 1.36. The van der Waals surface area contributed by atoms with E-state index in [2.05, 4.69) is 15.4 Å². The van der Waals surface area contributed by atoms with Crippen molar-refractivity contribution in [1.82, 2.24) is 10.6 Å². The summed E-state index contributed by atoms with van der Waals surface area (Å²) in [5.74, 6) is -0.346. The van der Waals surface area contributed by atoms with Crippen LogP contribution in [0.3, 0.4) is 0 Å². The smallest absolute Gasteiger partial charge is 0.333 e. The molecule has 0 aliphatic heterocycles. The summed E-state index contributed by atoms with van der Waals surface area (Å²) in [4.78, 5) is 22.4. The van der Waals surface area contributed by atoms with E-state index in [1.807, 2.05) is 13.8 Å². The average Bonchev–Trinajstić information content (AvgIpc) is 2.35. The largest absolute Gasteiger partial charge is 0.466 e. The van der Waals surface area contributed by atoms with Gasteiger partial charge in [0.2, 0.25) is 5.91 Å². The molecule has 0 spiro atoms. The maximum atomic E-state index is 11.2. The minimum absolute atomic E-state index is 0.0311. The van der Waals surface area contributed by atoms with Crippen LogP contribution in [-0.2, 0) is 14.3 Å². The SMILES string of the molecule is CCCNC(=O)CNC/C=C(/CC)C(=O)OC. The molecule has 0 rings (SSSR count). The van der Waals surface area contributed by atoms with Crippen LogP contribution in [0.15, 0.2) is 11.6 Å². The summed E-state index contributed by atoms with van der Waals surface area (Å²) >= 11 is 0. The molecule has 0 saturated carbocycles. The molecule has 0 atom stereocenters. The van der Waals surface area contributed by atoms with Gasteiger partial charge in [-0.1, -0.05) is 19.9 Å². The van der Waals surface area contributed by atoms with Crippen molar-refractivity contribution < 1.29 is 14.3 Å². The molecular weight excluding hydrogens is 220 g/mol. The van der Waals surface area contributed by atoms with E-state index in [4.69, 9.17) is 0 Å². The Hall–Kier alpha value is -1.36. The summed E-state index contributed by atoms with van der Waals surface area (Å²) in [6.45, 7) is 5.32. The first-order chi connectivity index (χ1) is 8.15. The highest BCUT2D eigenvalue weighted by Crippen LogP contribution is 2.01. The van der Waals surface area contributed by atoms with Crippen molar-refractivity contribution in [3.63, 3.8) is 0 Å². The second kappa shape index (κ2) is 9.84. The van der Waals surface area contributed by atoms with Gasteiger partial charge in [-0.15, -0.1) is 0 Å². The standard InChI is InChI=1S/C12H22N2O3/c1-4-7-14-11(15)9-13-8-6-10(5-2)12(16)17-3/h6,13H,4-5,7-9H2,1-3H3,(H,14,15)/b10-6-. The van der Waals surface area contributed by atoms with E-state index in [9.17, 15) is 9.59 Å². The van der Waals surface area contributed by atoms with Crippen LogP contribution >= 0.6 is 0 Å². The molecule has 5 nitrogen and oxygen atoms in total. The van der Waals surface area contributed by atoms with Crippen molar-refractivity contribution in [2.45, 2.75) is 26.7 Å². The Labute approximate surface area is 103 Å². The number of carbonyl (C=O) groups excluding carboxylic acids is 2. The quantitative estimate of drug-likeness (QED) is 0.372. The van der Waals surface area contributed by atoms with Crippen LogP contribution in [0.5, 0.6) is 0 Å². The Bertz CT molecular complexity index is 275. The van der Waals surface area contributed by atoms with E-state index >= 15 is 0 Å². The van der Waals surface area contributed by atoms with Gasteiger partial charge in [-0.05, 0) is 12.8 Å². The van der Waals surface area contributed by atoms with Crippen LogP contribution in [-0.4, -0.2) is 38.6 Å². The molecule has 5 heteroatoms. The highest BCUT2D eigenvalue weighted by Gasteiger charge is 2.05. The van der Waals surface area contributed by atoms with Gasteiger partial charge in [0.1, 0.15) is 0 Å². The third-order valence-corrected chi connectivity index (χ3v) is 2.18. The third kappa shape index (κ3) is 7.52. The number of nitrogens with one attached hydrogen (secondary N) is 2. The minimum atomic E-state index is -0.315. The Balaban J connectivity index is 3.84. The topological polar surface area (TPSA) is 67.4 Å². The van der Waals surface area contributed by atoms with Gasteiger partial charge < -0.3 is 15.4 Å². The lowest BCUT2D eigenvalue weighted by Crippen LogP contribution is -2.34. The van der Waals surface area contributed by atoms with Crippen LogP contribution in [0, 0.1) is 0 Å². The fourth-order valence-electron chi connectivity index (χ4n) is 1.21. The Morgan fingerprint density at radius 1 is 1.29 bits per heavy atom. The van der Waals surface area contributed by atoms with E-state index in [1.165, 1.54) is 7.11 Å². The molecule has 98 valence electrons. The lowest BCUT2D eigenvalue weighted by Gasteiger charge is -2.05. The van der Waals surface area contributed by atoms with Crippen LogP contribution in [0.1, 0.15) is 26.7 Å². The van der Waals surface area contributed by atoms with Crippen molar-refractivity contribution in [3.8, 4) is 0 Å². The van der Waals surface area contributed by atoms with Crippen molar-refractivity contribution in [1.29, 1.82) is 0 Å². The first-order valence-corrected chi connectivity index (χ1v) is 5.90. The second-order valence-electron chi connectivity index (χ2n) is 3.56. The van der Waals surface area contributed by atoms with Gasteiger partial charge in [0, 0.05) is 18.7 Å². The predicted octanol–water partition coefficient (Wildman–Crippen LogP) is 0.612. The number of ether oxygens (including phenoxy) is 1. The summed E-state index contributed by atoms with van der Waals surface area (Å²) in [5.41, 5.74) is 0.619. The summed E-state index contributed by atoms with van der Waals surface area (Å²) < 4.78 is 4.62. The molecule has 17 heavy (non-hydrogen) atoms. The molecule has 0 heterocycles. The molecule has 0 aromatic heterocycles. The number of hydrogen-bond acceptors (Lipinski definition) is 4. The van der Waals surface area contributed by atoms with Crippen molar-refractivity contribution in [3.05, 3.63) is 11.6 Å². The number of rotatable bonds is 8. The van der Waals surface area contributed by atoms with Gasteiger partial charge in [0.05, 0.1) is 13.7 Å². The molecule has 0 aliphatic rings. The Kier molecular flexibility index (Phi) is 9.05. The Morgan fingerprint density at radius 2 is 2.00 bits per heavy atom. The molecule has 0 unspecified atom stereocenters. The monoisotopic (exact) mass is 242 g/mol. The third-order valence-electron chi connectivity index (χ3n) is 2.18. The van der Waals surface area contributed by atoms with E-state index in [1.54, 1.807) is 6.08 Å². The van der Waals surface area contributed by atoms with Gasteiger partial charge in [-0.3, -0.25) is 4.79 Å². The number of methoxy groups -OCH3 is 1. The molecule has 1 amide bonds. The molecule has 0 aliphatic carbocycles. The van der Waals surface area contributed by atoms with E-state index in [-0.39, 0.29) is 18.4 Å². The first kappa shape index (κ1) is 15.6. The van der Waals surface area contributed by atoms with E-state index < -0.39 is 0 Å². The summed E-state index contributed by atoms with van der Waals surface area (Å²) in [6.07, 6.45) is 3.29. The lowest BCUT2D eigenvalue weighted by atomic mass is 10.2. The number of carbonyl (C=O) groups is 2. The number of hydrogen-bond donors (Lipinski definition) is 2. The van der Waals surface area contributed by atoms with Crippen molar-refractivity contribution in [2.24, 2.45) is 0 Å². The average molecular weight is 242 g/mol. The van der Waals surface area contributed by atoms with Gasteiger partial charge in [-0.25, -0.2) is 4.79 Å². The first-order valence-electron chi connectivity index (χ1n) is 5.90. The van der Waals surface area contributed by atoms with Gasteiger partial charge >= 0.3 is 5.97 Å². The fourth-order valence-corrected chi connectivity index (χ4v) is 1.21. The molecule has 0 aromatic carbocycles. The molecular formula is C12H22N2O3. The van der Waals surface area contributed by atoms with Crippen LogP contribution in [0.2, 0.25) is 0 Å². The fraction of sp³-hybridized carbons (Fsp3) is 0.667. The minimum Gasteiger partial charge on any atom is -0.466 e. The predicted molar refractivity (Wildman–Crippen MR) is 66.6 cm³/mol. The number of amides is 1. The molecule has 0 saturated heterocycles.